The molecule has 6 heteroatoms. The van der Waals surface area contributed by atoms with E-state index >= 15 is 0 Å². The summed E-state index contributed by atoms with van der Waals surface area (Å²) in [6, 6.07) is 5.45. The molecule has 0 radical (unpaired) electrons. The van der Waals surface area contributed by atoms with E-state index in [-0.39, 0.29) is 5.56 Å². The highest BCUT2D eigenvalue weighted by Crippen LogP contribution is 2.33. The van der Waals surface area contributed by atoms with Crippen LogP contribution in [0.4, 0.5) is 13.2 Å². The van der Waals surface area contributed by atoms with Crippen molar-refractivity contribution >= 4 is 27.5 Å². The molecule has 1 nitrogen and oxygen atoms in total. The van der Waals surface area contributed by atoms with Crippen LogP contribution in [-0.4, -0.2) is 7.05 Å². The summed E-state index contributed by atoms with van der Waals surface area (Å²) in [4.78, 5) is 0. The van der Waals surface area contributed by atoms with Gasteiger partial charge in [0.15, 0.2) is 0 Å². The van der Waals surface area contributed by atoms with Crippen LogP contribution in [0.2, 0.25) is 5.02 Å². The molecule has 0 fully saturated rings. The lowest BCUT2D eigenvalue weighted by molar-refractivity contribution is 0.499. The summed E-state index contributed by atoms with van der Waals surface area (Å²) < 4.78 is 41.4. The van der Waals surface area contributed by atoms with Crippen LogP contribution in [-0.2, 0) is 0 Å². The standard InChI is InChI=1S/C14H10BrClF3N/c1-20-14(9-4-7(16)2-3-10(9)15)13-11(18)5-8(17)6-12(13)19/h2-6,14,20H,1H3. The molecule has 0 aliphatic rings. The van der Waals surface area contributed by atoms with Gasteiger partial charge in [-0.2, -0.15) is 0 Å². The monoisotopic (exact) mass is 363 g/mol. The van der Waals surface area contributed by atoms with Crippen molar-refractivity contribution in [3.05, 3.63) is 68.4 Å². The quantitative estimate of drug-likeness (QED) is 0.823. The van der Waals surface area contributed by atoms with E-state index in [2.05, 4.69) is 21.2 Å². The van der Waals surface area contributed by atoms with Crippen molar-refractivity contribution in [1.29, 1.82) is 0 Å². The molecule has 0 spiro atoms. The molecule has 2 aromatic carbocycles. The van der Waals surface area contributed by atoms with Gasteiger partial charge in [0.2, 0.25) is 0 Å². The van der Waals surface area contributed by atoms with Crippen LogP contribution in [0.5, 0.6) is 0 Å². The third-order valence-corrected chi connectivity index (χ3v) is 3.85. The Kier molecular flexibility index (Phi) is 4.73. The third-order valence-electron chi connectivity index (χ3n) is 2.89. The van der Waals surface area contributed by atoms with Crippen molar-refractivity contribution < 1.29 is 13.2 Å². The lowest BCUT2D eigenvalue weighted by atomic mass is 9.97. The molecule has 20 heavy (non-hydrogen) atoms. The minimum absolute atomic E-state index is 0.253. The van der Waals surface area contributed by atoms with Crippen LogP contribution in [0.1, 0.15) is 17.2 Å². The van der Waals surface area contributed by atoms with Crippen molar-refractivity contribution in [3.8, 4) is 0 Å². The Morgan fingerprint density at radius 1 is 1.10 bits per heavy atom. The predicted molar refractivity (Wildman–Crippen MR) is 76.4 cm³/mol. The summed E-state index contributed by atoms with van der Waals surface area (Å²) in [5, 5.41) is 3.25. The topological polar surface area (TPSA) is 12.0 Å². The first kappa shape index (κ1) is 15.4. The molecule has 0 aliphatic heterocycles. The van der Waals surface area contributed by atoms with Crippen LogP contribution >= 0.6 is 27.5 Å². The predicted octanol–water partition coefficient (Wildman–Crippen LogP) is 4.83. The molecule has 0 amide bonds. The maximum absolute atomic E-state index is 13.9. The summed E-state index contributed by atoms with van der Waals surface area (Å²) >= 11 is 9.23. The molecule has 0 aromatic heterocycles. The Morgan fingerprint density at radius 3 is 2.25 bits per heavy atom. The second kappa shape index (κ2) is 6.16. The number of rotatable bonds is 3. The summed E-state index contributed by atoms with van der Waals surface area (Å²) in [7, 11) is 1.56. The van der Waals surface area contributed by atoms with Gasteiger partial charge in [-0.05, 0) is 30.8 Å². The maximum atomic E-state index is 13.9. The van der Waals surface area contributed by atoms with Gasteiger partial charge in [-0.1, -0.05) is 27.5 Å². The van der Waals surface area contributed by atoms with Crippen molar-refractivity contribution in [2.75, 3.05) is 7.05 Å². The Balaban J connectivity index is 2.61. The van der Waals surface area contributed by atoms with Gasteiger partial charge in [-0.3, -0.25) is 0 Å². The zero-order valence-corrected chi connectivity index (χ0v) is 12.7. The summed E-state index contributed by atoms with van der Waals surface area (Å²) in [6.45, 7) is 0. The highest BCUT2D eigenvalue weighted by Gasteiger charge is 2.23. The Labute approximate surface area is 127 Å². The maximum Gasteiger partial charge on any atom is 0.134 e. The van der Waals surface area contributed by atoms with Gasteiger partial charge in [-0.15, -0.1) is 0 Å². The second-order valence-corrected chi connectivity index (χ2v) is 5.46. The molecule has 1 N–H and O–H groups in total. The highest BCUT2D eigenvalue weighted by atomic mass is 79.9. The molecule has 0 saturated carbocycles. The summed E-state index contributed by atoms with van der Waals surface area (Å²) in [6.07, 6.45) is 0. The molecule has 0 bridgehead atoms. The first-order valence-electron chi connectivity index (χ1n) is 5.70. The van der Waals surface area contributed by atoms with Crippen LogP contribution < -0.4 is 5.32 Å². The molecule has 0 saturated heterocycles. The lowest BCUT2D eigenvalue weighted by Crippen LogP contribution is -2.21. The van der Waals surface area contributed by atoms with Gasteiger partial charge >= 0.3 is 0 Å². The molecule has 1 unspecified atom stereocenters. The molecule has 106 valence electrons. The van der Waals surface area contributed by atoms with E-state index in [9.17, 15) is 13.2 Å². The fourth-order valence-electron chi connectivity index (χ4n) is 2.02. The molecule has 0 heterocycles. The number of nitrogens with one attached hydrogen (secondary N) is 1. The molecule has 2 rings (SSSR count). The van der Waals surface area contributed by atoms with Crippen LogP contribution in [0.3, 0.4) is 0 Å². The van der Waals surface area contributed by atoms with Crippen LogP contribution in [0, 0.1) is 17.5 Å². The SMILES string of the molecule is CNC(c1cc(Cl)ccc1Br)c1c(F)cc(F)cc1F. The van der Waals surface area contributed by atoms with Crippen molar-refractivity contribution in [3.63, 3.8) is 0 Å². The first-order chi connectivity index (χ1) is 9.43. The smallest absolute Gasteiger partial charge is 0.134 e. The average Bonchev–Trinajstić information content (AvgIpc) is 2.37. The van der Waals surface area contributed by atoms with Gasteiger partial charge in [-0.25, -0.2) is 13.2 Å². The van der Waals surface area contributed by atoms with Crippen molar-refractivity contribution in [2.45, 2.75) is 6.04 Å². The normalized spacial score (nSPS) is 12.5. The zero-order valence-electron chi connectivity index (χ0n) is 10.4. The second-order valence-electron chi connectivity index (χ2n) is 4.17. The Bertz CT molecular complexity index is 625. The van der Waals surface area contributed by atoms with E-state index in [1.807, 2.05) is 0 Å². The summed E-state index contributed by atoms with van der Waals surface area (Å²) in [5.74, 6) is -2.86. The zero-order chi connectivity index (χ0) is 14.9. The molecule has 0 aliphatic carbocycles. The van der Waals surface area contributed by atoms with Crippen LogP contribution in [0.15, 0.2) is 34.8 Å². The third kappa shape index (κ3) is 3.00. The number of benzene rings is 2. The van der Waals surface area contributed by atoms with Crippen molar-refractivity contribution in [1.82, 2.24) is 5.32 Å². The van der Waals surface area contributed by atoms with Gasteiger partial charge in [0, 0.05) is 27.2 Å². The largest absolute Gasteiger partial charge is 0.309 e. The minimum Gasteiger partial charge on any atom is -0.309 e. The van der Waals surface area contributed by atoms with Gasteiger partial charge in [0.1, 0.15) is 17.5 Å². The molecular weight excluding hydrogens is 355 g/mol. The molecular formula is C14H10BrClF3N. The number of halogens is 5. The lowest BCUT2D eigenvalue weighted by Gasteiger charge is -2.20. The molecule has 2 aromatic rings. The fraction of sp³-hybridized carbons (Fsp3) is 0.143. The van der Waals surface area contributed by atoms with E-state index in [1.165, 1.54) is 0 Å². The number of hydrogen-bond acceptors (Lipinski definition) is 1. The van der Waals surface area contributed by atoms with Gasteiger partial charge in [0.05, 0.1) is 6.04 Å². The average molecular weight is 365 g/mol. The van der Waals surface area contributed by atoms with E-state index in [0.29, 0.717) is 27.2 Å². The van der Waals surface area contributed by atoms with Crippen LogP contribution in [0.25, 0.3) is 0 Å². The number of hydrogen-bond donors (Lipinski definition) is 1. The van der Waals surface area contributed by atoms with E-state index in [1.54, 1.807) is 25.2 Å². The van der Waals surface area contributed by atoms with Gasteiger partial charge < -0.3 is 5.32 Å². The minimum atomic E-state index is -0.955. The highest BCUT2D eigenvalue weighted by molar-refractivity contribution is 9.10. The van der Waals surface area contributed by atoms with Crippen molar-refractivity contribution in [2.24, 2.45) is 0 Å². The Hall–Kier alpha value is -1.04. The molecule has 1 atom stereocenters. The Morgan fingerprint density at radius 2 is 1.70 bits per heavy atom. The fourth-order valence-corrected chi connectivity index (χ4v) is 2.68. The van der Waals surface area contributed by atoms with E-state index in [0.717, 1.165) is 0 Å². The van der Waals surface area contributed by atoms with E-state index < -0.39 is 23.5 Å². The van der Waals surface area contributed by atoms with Gasteiger partial charge in [0.25, 0.3) is 0 Å². The summed E-state index contributed by atoms with van der Waals surface area (Å²) in [5.41, 5.74) is 0.307. The van der Waals surface area contributed by atoms with E-state index in [4.69, 9.17) is 11.6 Å². The first-order valence-corrected chi connectivity index (χ1v) is 6.87.